The van der Waals surface area contributed by atoms with E-state index in [4.69, 9.17) is 9.26 Å². The van der Waals surface area contributed by atoms with Crippen molar-refractivity contribution in [3.8, 4) is 0 Å². The molecule has 3 rings (SSSR count). The lowest BCUT2D eigenvalue weighted by atomic mass is 10.1. The van der Waals surface area contributed by atoms with Crippen molar-refractivity contribution < 1.29 is 37.7 Å². The normalized spacial score (nSPS) is 23.1. The molecule has 2 unspecified atom stereocenters. The number of rotatable bonds is 9. The molecule has 1 saturated heterocycles. The number of H-pyrrole nitrogens is 1. The first-order chi connectivity index (χ1) is 15.6. The smallest absolute Gasteiger partial charge is 0.403 e. The van der Waals surface area contributed by atoms with Gasteiger partial charge in [-0.1, -0.05) is 30.3 Å². The number of nitrogens with one attached hydrogen (secondary N) is 2. The minimum atomic E-state index is -4.57. The van der Waals surface area contributed by atoms with Crippen LogP contribution in [0.3, 0.4) is 0 Å². The van der Waals surface area contributed by atoms with Gasteiger partial charge in [0.2, 0.25) is 5.82 Å². The van der Waals surface area contributed by atoms with E-state index in [1.54, 1.807) is 35.3 Å². The van der Waals surface area contributed by atoms with E-state index >= 15 is 0 Å². The molecule has 180 valence electrons. The lowest BCUT2D eigenvalue weighted by Gasteiger charge is -2.22. The van der Waals surface area contributed by atoms with Crippen LogP contribution in [0.25, 0.3) is 0 Å². The molecule has 1 aromatic heterocycles. The van der Waals surface area contributed by atoms with Crippen molar-refractivity contribution in [2.45, 2.75) is 37.3 Å². The van der Waals surface area contributed by atoms with Crippen LogP contribution in [0.2, 0.25) is 0 Å². The third-order valence-corrected chi connectivity index (χ3v) is 6.08. The molecule has 0 bridgehead atoms. The number of nitrogens with zero attached hydrogens (tertiary/aromatic N) is 1. The second kappa shape index (κ2) is 10.5. The van der Waals surface area contributed by atoms with Gasteiger partial charge in [0.1, 0.15) is 18.4 Å². The van der Waals surface area contributed by atoms with E-state index in [0.717, 1.165) is 11.7 Å². The third kappa shape index (κ3) is 6.44. The number of esters is 1. The number of halogens is 1. The van der Waals surface area contributed by atoms with Gasteiger partial charge in [-0.25, -0.2) is 14.4 Å². The predicted molar refractivity (Wildman–Crippen MR) is 111 cm³/mol. The van der Waals surface area contributed by atoms with E-state index in [1.165, 1.54) is 0 Å². The molecule has 1 aromatic carbocycles. The summed E-state index contributed by atoms with van der Waals surface area (Å²) in [6.07, 6.45) is -2.99. The second-order valence-electron chi connectivity index (χ2n) is 7.29. The van der Waals surface area contributed by atoms with Crippen LogP contribution >= 0.6 is 7.75 Å². The Morgan fingerprint density at radius 2 is 2.09 bits per heavy atom. The predicted octanol–water partition coefficient (Wildman–Crippen LogP) is -0.185. The number of hydrogen-bond acceptors (Lipinski definition) is 8. The molecule has 1 fully saturated rings. The Bertz CT molecular complexity index is 1140. The van der Waals surface area contributed by atoms with E-state index in [0.29, 0.717) is 11.8 Å². The quantitative estimate of drug-likeness (QED) is 0.275. The van der Waals surface area contributed by atoms with E-state index in [2.05, 4.69) is 9.82 Å². The summed E-state index contributed by atoms with van der Waals surface area (Å²) in [5, 5.41) is 12.4. The minimum absolute atomic E-state index is 0.0484. The molecule has 2 aromatic rings. The fourth-order valence-electron chi connectivity index (χ4n) is 3.29. The highest BCUT2D eigenvalue weighted by molar-refractivity contribution is 7.50. The number of aliphatic hydroxyl groups excluding tert-OH is 1. The summed E-state index contributed by atoms with van der Waals surface area (Å²) in [6.45, 7) is -0.585. The maximum Gasteiger partial charge on any atom is 0.403 e. The van der Waals surface area contributed by atoms with E-state index < -0.39 is 61.9 Å². The second-order valence-corrected chi connectivity index (χ2v) is 8.84. The minimum Gasteiger partial charge on any atom is -0.468 e. The Kier molecular flexibility index (Phi) is 7.95. The van der Waals surface area contributed by atoms with Gasteiger partial charge in [-0.15, -0.1) is 0 Å². The highest BCUT2D eigenvalue weighted by atomic mass is 31.2. The first-order valence-corrected chi connectivity index (χ1v) is 11.4. The van der Waals surface area contributed by atoms with Gasteiger partial charge >= 0.3 is 19.4 Å². The van der Waals surface area contributed by atoms with Gasteiger partial charge in [0.05, 0.1) is 26.0 Å². The molecule has 0 aliphatic carbocycles. The summed E-state index contributed by atoms with van der Waals surface area (Å²) >= 11 is 0. The molecule has 0 amide bonds. The van der Waals surface area contributed by atoms with Crippen LogP contribution in [0.1, 0.15) is 18.2 Å². The summed E-state index contributed by atoms with van der Waals surface area (Å²) in [5.74, 6) is -2.00. The van der Waals surface area contributed by atoms with E-state index in [1.807, 2.05) is 0 Å². The molecule has 0 saturated carbocycles. The lowest BCUT2D eigenvalue weighted by molar-refractivity contribution is -0.142. The summed E-state index contributed by atoms with van der Waals surface area (Å²) in [7, 11) is -3.43. The maximum absolute atomic E-state index is 13.5. The van der Waals surface area contributed by atoms with Crippen molar-refractivity contribution in [2.75, 3.05) is 13.7 Å². The zero-order chi connectivity index (χ0) is 24.2. The number of hydrogen-bond donors (Lipinski definition) is 4. The number of methoxy groups -OCH3 is 1. The van der Waals surface area contributed by atoms with Gasteiger partial charge in [-0.2, -0.15) is 4.39 Å². The molecule has 4 N–H and O–H groups in total. The zero-order valence-electron chi connectivity index (χ0n) is 17.4. The number of benzene rings is 1. The van der Waals surface area contributed by atoms with Gasteiger partial charge in [0, 0.05) is 6.42 Å². The van der Waals surface area contributed by atoms with E-state index in [9.17, 15) is 33.3 Å². The highest BCUT2D eigenvalue weighted by Gasteiger charge is 2.38. The maximum atomic E-state index is 13.5. The Labute approximate surface area is 186 Å². The standard InChI is InChI=1S/C19H23FN3O9P/c1-30-18(26)13(7-11-5-3-2-4-6-11)22-33(28,29)31-10-15-14(24)8-16(32-15)23-9-12(20)17(25)21-19(23)27/h2-6,9,13-16,24H,7-8,10H2,1H3,(H,21,25,27)(H2,22,28,29)/t13?,14-,15+,16+/m1/s1. The van der Waals surface area contributed by atoms with Crippen LogP contribution in [0, 0.1) is 5.82 Å². The molecule has 5 atom stereocenters. The van der Waals surface area contributed by atoms with Crippen LogP contribution in [0.5, 0.6) is 0 Å². The molecule has 0 radical (unpaired) electrons. The van der Waals surface area contributed by atoms with Crippen molar-refractivity contribution in [3.05, 3.63) is 68.7 Å². The molecule has 12 nitrogen and oxygen atoms in total. The molecule has 33 heavy (non-hydrogen) atoms. The largest absolute Gasteiger partial charge is 0.468 e. The molecule has 14 heteroatoms. The van der Waals surface area contributed by atoms with Gasteiger partial charge in [0.25, 0.3) is 5.56 Å². The summed E-state index contributed by atoms with van der Waals surface area (Å²) in [5.41, 5.74) is -1.44. The number of aromatic nitrogens is 2. The van der Waals surface area contributed by atoms with E-state index in [-0.39, 0.29) is 12.8 Å². The molecule has 0 spiro atoms. The summed E-state index contributed by atoms with van der Waals surface area (Å²) in [4.78, 5) is 47.1. The van der Waals surface area contributed by atoms with Crippen molar-refractivity contribution >= 4 is 13.7 Å². The Hall–Kier alpha value is -2.67. The van der Waals surface area contributed by atoms with Crippen LogP contribution in [-0.2, 0) is 29.8 Å². The zero-order valence-corrected chi connectivity index (χ0v) is 18.3. The Balaban J connectivity index is 1.63. The fraction of sp³-hybridized carbons (Fsp3) is 0.421. The van der Waals surface area contributed by atoms with Crippen molar-refractivity contribution in [3.63, 3.8) is 0 Å². The molecule has 2 heterocycles. The van der Waals surface area contributed by atoms with Crippen LogP contribution < -0.4 is 16.3 Å². The topological polar surface area (TPSA) is 169 Å². The lowest BCUT2D eigenvalue weighted by Crippen LogP contribution is -2.38. The van der Waals surface area contributed by atoms with Gasteiger partial charge < -0.3 is 19.5 Å². The number of carbonyl (C=O) groups is 1. The molecule has 1 aliphatic rings. The molecule has 1 aliphatic heterocycles. The summed E-state index contributed by atoms with van der Waals surface area (Å²) in [6, 6.07) is 7.52. The Morgan fingerprint density at radius 1 is 1.39 bits per heavy atom. The number of ether oxygens (including phenoxy) is 2. The number of aromatic amines is 1. The molecular formula is C19H23FN3O9P. The fourth-order valence-corrected chi connectivity index (χ4v) is 4.31. The first kappa shape index (κ1) is 25.0. The third-order valence-electron chi connectivity index (χ3n) is 4.94. The number of aliphatic hydroxyl groups is 1. The van der Waals surface area contributed by atoms with Crippen molar-refractivity contribution in [1.29, 1.82) is 0 Å². The van der Waals surface area contributed by atoms with Gasteiger partial charge in [0.15, 0.2) is 0 Å². The summed E-state index contributed by atoms with van der Waals surface area (Å²) < 4.78 is 41.9. The highest BCUT2D eigenvalue weighted by Crippen LogP contribution is 2.40. The Morgan fingerprint density at radius 3 is 2.76 bits per heavy atom. The SMILES string of the molecule is COC(=O)C(Cc1ccccc1)NP(=O)(O)OC[C@@H]1O[C@H](n2cc(F)c(=O)[nH]c2=O)C[C@H]1O. The van der Waals surface area contributed by atoms with Gasteiger partial charge in [-0.3, -0.25) is 23.7 Å². The van der Waals surface area contributed by atoms with Crippen LogP contribution in [0.15, 0.2) is 46.1 Å². The monoisotopic (exact) mass is 487 g/mol. The molecular weight excluding hydrogens is 464 g/mol. The van der Waals surface area contributed by atoms with Gasteiger partial charge in [-0.05, 0) is 12.0 Å². The average molecular weight is 487 g/mol. The first-order valence-electron chi connectivity index (χ1n) is 9.81. The average Bonchev–Trinajstić information content (AvgIpc) is 3.14. The van der Waals surface area contributed by atoms with Crippen LogP contribution in [-0.4, -0.2) is 57.5 Å². The van der Waals surface area contributed by atoms with Crippen molar-refractivity contribution in [1.82, 2.24) is 14.6 Å². The van der Waals surface area contributed by atoms with Crippen molar-refractivity contribution in [2.24, 2.45) is 0 Å². The number of carbonyl (C=O) groups excluding carboxylic acids is 1. The van der Waals surface area contributed by atoms with Crippen LogP contribution in [0.4, 0.5) is 4.39 Å².